The van der Waals surface area contributed by atoms with Crippen LogP contribution in [0.15, 0.2) is 38.3 Å². The number of aromatic hydroxyl groups is 2. The fourth-order valence-electron chi connectivity index (χ4n) is 2.27. The Kier molecular flexibility index (Phi) is 6.69. The molecule has 7 nitrogen and oxygen atoms in total. The lowest BCUT2D eigenvalue weighted by Crippen LogP contribution is -2.14. The van der Waals surface area contributed by atoms with Gasteiger partial charge in [0.25, 0.3) is 0 Å². The molecule has 1 aromatic rings. The van der Waals surface area contributed by atoms with Gasteiger partial charge in [-0.05, 0) is 11.5 Å². The number of ether oxygens (including phenoxy) is 2. The zero-order chi connectivity index (χ0) is 21.1. The van der Waals surface area contributed by atoms with Crippen LogP contribution in [0.1, 0.15) is 26.3 Å². The van der Waals surface area contributed by atoms with Crippen molar-refractivity contribution in [1.82, 2.24) is 0 Å². The molecule has 9 heteroatoms. The lowest BCUT2D eigenvalue weighted by atomic mass is 9.86. The van der Waals surface area contributed by atoms with Gasteiger partial charge in [-0.25, -0.2) is 9.59 Å². The first kappa shape index (κ1) is 21.7. The van der Waals surface area contributed by atoms with E-state index in [0.29, 0.717) is 19.6 Å². The van der Waals surface area contributed by atoms with E-state index >= 15 is 0 Å². The topological polar surface area (TPSA) is 117 Å². The molecule has 0 atom stereocenters. The summed E-state index contributed by atoms with van der Waals surface area (Å²) in [7, 11) is 0. The molecule has 0 aromatic heterocycles. The molecule has 2 N–H and O–H groups in total. The number of phenols is 2. The van der Waals surface area contributed by atoms with Gasteiger partial charge < -0.3 is 19.7 Å². The Hall–Kier alpha value is -2.57. The van der Waals surface area contributed by atoms with E-state index in [-0.39, 0.29) is 30.3 Å². The van der Waals surface area contributed by atoms with Crippen LogP contribution in [-0.4, -0.2) is 35.4 Å². The van der Waals surface area contributed by atoms with Crippen LogP contribution in [0.3, 0.4) is 0 Å². The van der Waals surface area contributed by atoms with E-state index in [0.717, 1.165) is 29.6 Å². The van der Waals surface area contributed by atoms with E-state index in [9.17, 15) is 25.1 Å². The Morgan fingerprint density at radius 3 is 2.39 bits per heavy atom. The SMILES string of the molecule is C=CC(=O)OCCOC(=O)/C(C#N)=C1\Sc2c(O)cc(C(C)(C)C)c(O)c2S1. The summed E-state index contributed by atoms with van der Waals surface area (Å²) in [6.07, 6.45) is 0.984. The third-order valence-corrected chi connectivity index (χ3v) is 6.26. The molecule has 148 valence electrons. The van der Waals surface area contributed by atoms with Crippen molar-refractivity contribution in [3.63, 3.8) is 0 Å². The quantitative estimate of drug-likeness (QED) is 0.242. The third-order valence-electron chi connectivity index (χ3n) is 3.64. The summed E-state index contributed by atoms with van der Waals surface area (Å²) in [5.74, 6) is -1.55. The van der Waals surface area contributed by atoms with Gasteiger partial charge in [-0.1, -0.05) is 50.9 Å². The van der Waals surface area contributed by atoms with Crippen LogP contribution < -0.4 is 0 Å². The molecule has 0 radical (unpaired) electrons. The largest absolute Gasteiger partial charge is 0.507 e. The van der Waals surface area contributed by atoms with E-state index in [1.165, 1.54) is 6.07 Å². The normalized spacial score (nSPS) is 14.6. The van der Waals surface area contributed by atoms with Crippen molar-refractivity contribution in [1.29, 1.82) is 5.26 Å². The molecular formula is C19H19NO6S2. The molecule has 0 saturated carbocycles. The van der Waals surface area contributed by atoms with Crippen LogP contribution in [0.25, 0.3) is 0 Å². The fourth-order valence-corrected chi connectivity index (χ4v) is 4.78. The minimum absolute atomic E-state index is 0.00907. The second kappa shape index (κ2) is 8.63. The summed E-state index contributed by atoms with van der Waals surface area (Å²) in [5, 5.41) is 30.3. The Morgan fingerprint density at radius 2 is 1.82 bits per heavy atom. The average Bonchev–Trinajstić information content (AvgIpc) is 3.07. The van der Waals surface area contributed by atoms with Crippen LogP contribution in [0.5, 0.6) is 11.5 Å². The molecule has 0 unspecified atom stereocenters. The van der Waals surface area contributed by atoms with Crippen LogP contribution in [0.4, 0.5) is 0 Å². The fraction of sp³-hybridized carbons (Fsp3) is 0.316. The van der Waals surface area contributed by atoms with Gasteiger partial charge in [-0.15, -0.1) is 0 Å². The molecule has 0 amide bonds. The number of fused-ring (bicyclic) bond motifs is 1. The van der Waals surface area contributed by atoms with Gasteiger partial charge >= 0.3 is 11.9 Å². The Morgan fingerprint density at radius 1 is 1.21 bits per heavy atom. The van der Waals surface area contributed by atoms with Gasteiger partial charge in [0, 0.05) is 11.6 Å². The maximum atomic E-state index is 12.2. The number of carbonyl (C=O) groups is 2. The monoisotopic (exact) mass is 421 g/mol. The van der Waals surface area contributed by atoms with Gasteiger partial charge in [0.1, 0.15) is 30.8 Å². The Balaban J connectivity index is 2.23. The molecule has 1 aliphatic heterocycles. The number of esters is 2. The van der Waals surface area contributed by atoms with Crippen molar-refractivity contribution in [2.75, 3.05) is 13.2 Å². The average molecular weight is 421 g/mol. The number of nitriles is 1. The highest BCUT2D eigenvalue weighted by Crippen LogP contribution is 2.60. The summed E-state index contributed by atoms with van der Waals surface area (Å²) in [6, 6.07) is 3.29. The lowest BCUT2D eigenvalue weighted by Gasteiger charge is -2.22. The van der Waals surface area contributed by atoms with Crippen molar-refractivity contribution in [2.24, 2.45) is 0 Å². The Bertz CT molecular complexity index is 908. The van der Waals surface area contributed by atoms with Gasteiger partial charge in [0.2, 0.25) is 0 Å². The molecule has 0 fully saturated rings. The number of hydrogen-bond donors (Lipinski definition) is 2. The van der Waals surface area contributed by atoms with E-state index in [4.69, 9.17) is 9.47 Å². The number of benzene rings is 1. The molecule has 2 rings (SSSR count). The zero-order valence-corrected chi connectivity index (χ0v) is 17.2. The predicted molar refractivity (Wildman–Crippen MR) is 105 cm³/mol. The molecule has 1 heterocycles. The first-order valence-electron chi connectivity index (χ1n) is 8.16. The van der Waals surface area contributed by atoms with Crippen molar-refractivity contribution >= 4 is 35.5 Å². The van der Waals surface area contributed by atoms with Crippen molar-refractivity contribution < 1.29 is 29.3 Å². The summed E-state index contributed by atoms with van der Waals surface area (Å²) >= 11 is 2.04. The predicted octanol–water partition coefficient (Wildman–Crippen LogP) is 3.60. The summed E-state index contributed by atoms with van der Waals surface area (Å²) in [4.78, 5) is 23.9. The maximum absolute atomic E-state index is 12.2. The van der Waals surface area contributed by atoms with Crippen molar-refractivity contribution in [3.8, 4) is 17.6 Å². The van der Waals surface area contributed by atoms with E-state index in [1.807, 2.05) is 20.8 Å². The number of hydrogen-bond acceptors (Lipinski definition) is 9. The minimum atomic E-state index is -0.880. The highest BCUT2D eigenvalue weighted by Gasteiger charge is 2.33. The molecule has 1 aliphatic rings. The molecule has 0 aliphatic carbocycles. The Labute approximate surface area is 171 Å². The van der Waals surface area contributed by atoms with E-state index in [1.54, 1.807) is 6.07 Å². The van der Waals surface area contributed by atoms with E-state index in [2.05, 4.69) is 6.58 Å². The number of phenolic OH excluding ortho intramolecular Hbond substituents is 2. The van der Waals surface area contributed by atoms with Crippen molar-refractivity contribution in [2.45, 2.75) is 36.0 Å². The second-order valence-electron chi connectivity index (χ2n) is 6.69. The van der Waals surface area contributed by atoms with Crippen LogP contribution in [0, 0.1) is 11.3 Å². The number of thioether (sulfide) groups is 2. The smallest absolute Gasteiger partial charge is 0.350 e. The zero-order valence-electron chi connectivity index (χ0n) is 15.6. The first-order chi connectivity index (χ1) is 13.1. The lowest BCUT2D eigenvalue weighted by molar-refractivity contribution is -0.146. The minimum Gasteiger partial charge on any atom is -0.507 e. The van der Waals surface area contributed by atoms with Crippen LogP contribution in [0.2, 0.25) is 0 Å². The summed E-state index contributed by atoms with van der Waals surface area (Å²) in [6.45, 7) is 8.55. The van der Waals surface area contributed by atoms with Gasteiger partial charge in [-0.3, -0.25) is 0 Å². The summed E-state index contributed by atoms with van der Waals surface area (Å²) in [5.41, 5.74) is -0.102. The van der Waals surface area contributed by atoms with Gasteiger partial charge in [0.15, 0.2) is 5.57 Å². The molecule has 0 bridgehead atoms. The molecule has 28 heavy (non-hydrogen) atoms. The third kappa shape index (κ3) is 4.64. The summed E-state index contributed by atoms with van der Waals surface area (Å²) < 4.78 is 9.95. The highest BCUT2D eigenvalue weighted by atomic mass is 32.2. The van der Waals surface area contributed by atoms with Gasteiger partial charge in [0.05, 0.1) is 14.0 Å². The van der Waals surface area contributed by atoms with Gasteiger partial charge in [-0.2, -0.15) is 5.26 Å². The first-order valence-corrected chi connectivity index (χ1v) is 9.79. The number of rotatable bonds is 5. The van der Waals surface area contributed by atoms with Crippen LogP contribution in [-0.2, 0) is 24.5 Å². The molecular weight excluding hydrogens is 402 g/mol. The number of carbonyl (C=O) groups excluding carboxylic acids is 2. The molecule has 1 aromatic carbocycles. The highest BCUT2D eigenvalue weighted by molar-refractivity contribution is 8.24. The maximum Gasteiger partial charge on any atom is 0.350 e. The molecule has 0 saturated heterocycles. The van der Waals surface area contributed by atoms with Crippen molar-refractivity contribution in [3.05, 3.63) is 34.1 Å². The van der Waals surface area contributed by atoms with Crippen LogP contribution >= 0.6 is 23.5 Å². The number of nitrogens with zero attached hydrogens (tertiary/aromatic N) is 1. The van der Waals surface area contributed by atoms with E-state index < -0.39 is 17.4 Å². The second-order valence-corrected chi connectivity index (χ2v) is 8.99. The molecule has 0 spiro atoms. The standard InChI is InChI=1S/C19H19NO6S2/c1-5-13(22)25-6-7-26-17(24)10(9-20)18-27-15-12(21)8-11(19(2,3)4)14(23)16(15)28-18/h5,8,21,23H,1,6-7H2,2-4H3/b18-10+.